The average Bonchev–Trinajstić information content (AvgIpc) is 2.73. The number of hydrogen-bond donors (Lipinski definition) is 2. The fraction of sp³-hybridized carbons (Fsp3) is 0.615. The number of hydrogen-bond acceptors (Lipinski definition) is 3. The van der Waals surface area contributed by atoms with E-state index in [4.69, 9.17) is 5.73 Å². The molecule has 0 aliphatic heterocycles. The smallest absolute Gasteiger partial charge is 0.240 e. The number of nitrogens with two attached hydrogens (primary N) is 1. The lowest BCUT2D eigenvalue weighted by molar-refractivity contribution is -0.127. The molecule has 0 atom stereocenters. The summed E-state index contributed by atoms with van der Waals surface area (Å²) in [7, 11) is 0. The van der Waals surface area contributed by atoms with E-state index in [2.05, 4.69) is 24.4 Å². The van der Waals surface area contributed by atoms with Crippen LogP contribution in [0.2, 0.25) is 0 Å². The third kappa shape index (κ3) is 3.07. The molecule has 3 N–H and O–H groups in total. The Balaban J connectivity index is 1.88. The van der Waals surface area contributed by atoms with E-state index in [-0.39, 0.29) is 5.91 Å². The maximum atomic E-state index is 12.1. The van der Waals surface area contributed by atoms with Crippen LogP contribution in [0.1, 0.15) is 41.9 Å². The van der Waals surface area contributed by atoms with Crippen molar-refractivity contribution in [3.63, 3.8) is 0 Å². The molecule has 1 saturated carbocycles. The van der Waals surface area contributed by atoms with Crippen LogP contribution in [0.15, 0.2) is 12.1 Å². The Morgan fingerprint density at radius 2 is 2.12 bits per heavy atom. The quantitative estimate of drug-likeness (QED) is 0.867. The second kappa shape index (κ2) is 5.19. The van der Waals surface area contributed by atoms with Gasteiger partial charge in [0.25, 0.3) is 0 Å². The molecule has 0 saturated heterocycles. The number of rotatable bonds is 3. The zero-order valence-electron chi connectivity index (χ0n) is 10.3. The number of nitrogens with one attached hydrogen (secondary N) is 1. The van der Waals surface area contributed by atoms with Crippen LogP contribution in [0.3, 0.4) is 0 Å². The Morgan fingerprint density at radius 1 is 1.41 bits per heavy atom. The summed E-state index contributed by atoms with van der Waals surface area (Å²) >= 11 is 1.72. The first-order chi connectivity index (χ1) is 8.10. The maximum Gasteiger partial charge on any atom is 0.240 e. The van der Waals surface area contributed by atoms with Crippen molar-refractivity contribution >= 4 is 17.2 Å². The Labute approximate surface area is 106 Å². The molecule has 0 aromatic carbocycles. The summed E-state index contributed by atoms with van der Waals surface area (Å²) < 4.78 is 0. The summed E-state index contributed by atoms with van der Waals surface area (Å²) in [5.74, 6) is 0.0169. The van der Waals surface area contributed by atoms with E-state index >= 15 is 0 Å². The fourth-order valence-electron chi connectivity index (χ4n) is 2.33. The molecule has 17 heavy (non-hydrogen) atoms. The van der Waals surface area contributed by atoms with Crippen molar-refractivity contribution in [2.24, 2.45) is 5.73 Å². The van der Waals surface area contributed by atoms with Crippen molar-refractivity contribution in [3.05, 3.63) is 21.9 Å². The normalized spacial score (nSPS) is 18.9. The minimum absolute atomic E-state index is 0.0169. The molecule has 1 aromatic rings. The minimum atomic E-state index is -0.620. The molecule has 0 spiro atoms. The molecule has 1 amide bonds. The van der Waals surface area contributed by atoms with Crippen molar-refractivity contribution in [1.29, 1.82) is 0 Å². The lowest BCUT2D eigenvalue weighted by Gasteiger charge is -2.31. The van der Waals surface area contributed by atoms with Gasteiger partial charge in [-0.15, -0.1) is 11.3 Å². The Hall–Kier alpha value is -0.870. The van der Waals surface area contributed by atoms with Gasteiger partial charge in [-0.1, -0.05) is 19.3 Å². The Kier molecular flexibility index (Phi) is 3.84. The van der Waals surface area contributed by atoms with Crippen molar-refractivity contribution < 1.29 is 4.79 Å². The van der Waals surface area contributed by atoms with E-state index in [0.29, 0.717) is 6.54 Å². The summed E-state index contributed by atoms with van der Waals surface area (Å²) in [6.07, 6.45) is 4.99. The molecule has 0 bridgehead atoms. The first kappa shape index (κ1) is 12.6. The molecule has 0 radical (unpaired) electrons. The summed E-state index contributed by atoms with van der Waals surface area (Å²) in [6.45, 7) is 2.68. The first-order valence-corrected chi connectivity index (χ1v) is 7.04. The SMILES string of the molecule is Cc1ccc(CNC(=O)C2(N)CCCCC2)s1. The standard InChI is InChI=1S/C13H20N2OS/c1-10-5-6-11(17-10)9-15-12(16)13(14)7-3-2-4-8-13/h5-6H,2-4,7-9,14H2,1H3,(H,15,16). The number of carbonyl (C=O) groups excluding carboxylic acids is 1. The van der Waals surface area contributed by atoms with Gasteiger partial charge in [-0.05, 0) is 31.9 Å². The van der Waals surface area contributed by atoms with Crippen LogP contribution in [-0.4, -0.2) is 11.4 Å². The summed E-state index contributed by atoms with van der Waals surface area (Å²) in [6, 6.07) is 4.13. The Morgan fingerprint density at radius 3 is 2.71 bits per heavy atom. The molecule has 1 aliphatic rings. The van der Waals surface area contributed by atoms with Gasteiger partial charge >= 0.3 is 0 Å². The molecule has 4 heteroatoms. The maximum absolute atomic E-state index is 12.1. The topological polar surface area (TPSA) is 55.1 Å². The van der Waals surface area contributed by atoms with Crippen LogP contribution in [0, 0.1) is 6.92 Å². The van der Waals surface area contributed by atoms with Crippen LogP contribution in [0.4, 0.5) is 0 Å². The molecule has 0 unspecified atom stereocenters. The van der Waals surface area contributed by atoms with Gasteiger partial charge in [-0.25, -0.2) is 0 Å². The molecular formula is C13H20N2OS. The number of carbonyl (C=O) groups is 1. The molecular weight excluding hydrogens is 232 g/mol. The lowest BCUT2D eigenvalue weighted by atomic mass is 9.82. The van der Waals surface area contributed by atoms with E-state index in [1.165, 1.54) is 16.2 Å². The number of amides is 1. The summed E-state index contributed by atoms with van der Waals surface area (Å²) in [5, 5.41) is 2.97. The van der Waals surface area contributed by atoms with Gasteiger partial charge in [-0.2, -0.15) is 0 Å². The second-order valence-corrected chi connectivity index (χ2v) is 6.28. The van der Waals surface area contributed by atoms with Gasteiger partial charge < -0.3 is 11.1 Å². The van der Waals surface area contributed by atoms with Crippen molar-refractivity contribution in [1.82, 2.24) is 5.32 Å². The third-order valence-electron chi connectivity index (χ3n) is 3.42. The van der Waals surface area contributed by atoms with Crippen LogP contribution in [0.25, 0.3) is 0 Å². The van der Waals surface area contributed by atoms with Gasteiger partial charge in [-0.3, -0.25) is 4.79 Å². The molecule has 1 aromatic heterocycles. The highest BCUT2D eigenvalue weighted by Crippen LogP contribution is 2.26. The second-order valence-electron chi connectivity index (χ2n) is 4.91. The number of thiophene rings is 1. The predicted molar refractivity (Wildman–Crippen MR) is 70.9 cm³/mol. The molecule has 94 valence electrons. The molecule has 1 fully saturated rings. The van der Waals surface area contributed by atoms with Gasteiger partial charge in [0.1, 0.15) is 0 Å². The van der Waals surface area contributed by atoms with E-state index in [9.17, 15) is 4.79 Å². The van der Waals surface area contributed by atoms with Gasteiger partial charge in [0.05, 0.1) is 12.1 Å². The number of aryl methyl sites for hydroxylation is 1. The Bertz CT molecular complexity index is 394. The zero-order valence-corrected chi connectivity index (χ0v) is 11.1. The highest BCUT2D eigenvalue weighted by molar-refractivity contribution is 7.11. The van der Waals surface area contributed by atoms with E-state index in [1.807, 2.05) is 0 Å². The van der Waals surface area contributed by atoms with Crippen molar-refractivity contribution in [2.75, 3.05) is 0 Å². The molecule has 1 aliphatic carbocycles. The van der Waals surface area contributed by atoms with Crippen LogP contribution in [0.5, 0.6) is 0 Å². The van der Waals surface area contributed by atoms with Crippen LogP contribution < -0.4 is 11.1 Å². The van der Waals surface area contributed by atoms with E-state index < -0.39 is 5.54 Å². The lowest BCUT2D eigenvalue weighted by Crippen LogP contribution is -2.54. The fourth-order valence-corrected chi connectivity index (χ4v) is 3.16. The summed E-state index contributed by atoms with van der Waals surface area (Å²) in [5.41, 5.74) is 5.54. The van der Waals surface area contributed by atoms with Gasteiger partial charge in [0.2, 0.25) is 5.91 Å². The van der Waals surface area contributed by atoms with E-state index in [1.54, 1.807) is 11.3 Å². The van der Waals surface area contributed by atoms with Crippen molar-refractivity contribution in [2.45, 2.75) is 51.1 Å². The van der Waals surface area contributed by atoms with Crippen molar-refractivity contribution in [3.8, 4) is 0 Å². The van der Waals surface area contributed by atoms with Gasteiger partial charge in [0.15, 0.2) is 0 Å². The third-order valence-corrected chi connectivity index (χ3v) is 4.42. The van der Waals surface area contributed by atoms with Crippen LogP contribution >= 0.6 is 11.3 Å². The summed E-state index contributed by atoms with van der Waals surface area (Å²) in [4.78, 5) is 14.5. The largest absolute Gasteiger partial charge is 0.350 e. The predicted octanol–water partition coefficient (Wildman–Crippen LogP) is 2.33. The van der Waals surface area contributed by atoms with Gasteiger partial charge in [0, 0.05) is 9.75 Å². The molecule has 1 heterocycles. The zero-order chi connectivity index (χ0) is 12.3. The monoisotopic (exact) mass is 252 g/mol. The molecule has 3 nitrogen and oxygen atoms in total. The molecule has 2 rings (SSSR count). The first-order valence-electron chi connectivity index (χ1n) is 6.23. The van der Waals surface area contributed by atoms with Crippen LogP contribution in [-0.2, 0) is 11.3 Å². The minimum Gasteiger partial charge on any atom is -0.350 e. The van der Waals surface area contributed by atoms with E-state index in [0.717, 1.165) is 25.7 Å². The highest BCUT2D eigenvalue weighted by atomic mass is 32.1. The average molecular weight is 252 g/mol. The highest BCUT2D eigenvalue weighted by Gasteiger charge is 2.34.